The number of unbranched alkanes of at least 4 members (excludes halogenated alkanes) is 11. The van der Waals surface area contributed by atoms with Gasteiger partial charge in [-0.15, -0.1) is 0 Å². The van der Waals surface area contributed by atoms with Gasteiger partial charge in [-0.3, -0.25) is 0 Å². The minimum atomic E-state index is -3.34. The Hall–Kier alpha value is -2.89. The first-order valence-corrected chi connectivity index (χ1v) is 18.1. The van der Waals surface area contributed by atoms with Gasteiger partial charge in [0.2, 0.25) is 0 Å². The maximum absolute atomic E-state index is 7.58. The van der Waals surface area contributed by atoms with Crippen LogP contribution in [-0.2, 0) is 0 Å². The molecule has 4 rings (SSSR count). The molecule has 4 aromatic rings. The van der Waals surface area contributed by atoms with E-state index in [1.807, 2.05) is 0 Å². The Bertz CT molecular complexity index is 1110. The molecule has 0 radical (unpaired) electrons. The van der Waals surface area contributed by atoms with Gasteiger partial charge in [-0.25, -0.2) is 0 Å². The molecule has 0 fully saturated rings. The second-order valence-electron chi connectivity index (χ2n) is 11.2. The fourth-order valence-electron chi connectivity index (χ4n) is 6.24. The van der Waals surface area contributed by atoms with Crippen molar-refractivity contribution in [2.45, 2.75) is 84.0 Å². The Kier molecular flexibility index (Phi) is 11.9. The van der Waals surface area contributed by atoms with Crippen molar-refractivity contribution in [3.05, 3.63) is 121 Å². The molecule has 0 aromatic heterocycles. The Morgan fingerprint density at radius 2 is 0.725 bits per heavy atom. The van der Waals surface area contributed by atoms with E-state index in [1.54, 1.807) is 0 Å². The van der Waals surface area contributed by atoms with Crippen molar-refractivity contribution in [3.63, 3.8) is 0 Å². The predicted molar refractivity (Wildman–Crippen MR) is 178 cm³/mol. The van der Waals surface area contributed by atoms with E-state index in [1.165, 1.54) is 86.5 Å². The van der Waals surface area contributed by atoms with Gasteiger partial charge in [0.05, 0.1) is 0 Å². The molecule has 0 unspecified atom stereocenters. The molecule has 0 amide bonds. The van der Waals surface area contributed by atoms with Gasteiger partial charge in [-0.05, 0) is 0 Å². The van der Waals surface area contributed by atoms with Crippen LogP contribution in [-0.4, -0.2) is 6.16 Å². The fourth-order valence-corrected chi connectivity index (χ4v) is 12.1. The standard InChI is InChI=1S/C38H49OP/c1-2-3-4-5-6-7-8-9-10-11-12-25-34-40(36-28-19-14-20-29-36,37-30-21-15-22-31-37,38-32-23-16-24-33-38)39-35-26-17-13-18-27-35/h13-24,26-33H,2-12,25,34H2,1H3. The normalized spacial score (nSPS) is 12.5. The van der Waals surface area contributed by atoms with Crippen LogP contribution in [0.4, 0.5) is 0 Å². The van der Waals surface area contributed by atoms with Gasteiger partial charge in [-0.1, -0.05) is 13.3 Å². The molecule has 4 aromatic carbocycles. The summed E-state index contributed by atoms with van der Waals surface area (Å²) in [7, 11) is 0. The van der Waals surface area contributed by atoms with Gasteiger partial charge >= 0.3 is 231 Å². The number of rotatable bonds is 18. The molecular formula is C38H49OP. The van der Waals surface area contributed by atoms with Crippen LogP contribution in [0.25, 0.3) is 0 Å². The monoisotopic (exact) mass is 552 g/mol. The molecule has 0 aliphatic rings. The zero-order chi connectivity index (χ0) is 27.8. The molecule has 0 saturated heterocycles. The van der Waals surface area contributed by atoms with Crippen molar-refractivity contribution < 1.29 is 4.52 Å². The Balaban J connectivity index is 1.60. The molecule has 0 N–H and O–H groups in total. The summed E-state index contributed by atoms with van der Waals surface area (Å²) in [6, 6.07) is 43.8. The van der Waals surface area contributed by atoms with E-state index in [9.17, 15) is 0 Å². The van der Waals surface area contributed by atoms with Gasteiger partial charge in [-0.2, -0.15) is 0 Å². The summed E-state index contributed by atoms with van der Waals surface area (Å²) in [5, 5.41) is 3.91. The summed E-state index contributed by atoms with van der Waals surface area (Å²) in [5.74, 6) is 0.940. The molecule has 2 heteroatoms. The summed E-state index contributed by atoms with van der Waals surface area (Å²) in [4.78, 5) is 0. The second-order valence-corrected chi connectivity index (χ2v) is 15.8. The van der Waals surface area contributed by atoms with Crippen molar-refractivity contribution >= 4 is 22.7 Å². The van der Waals surface area contributed by atoms with Crippen molar-refractivity contribution in [1.82, 2.24) is 0 Å². The van der Waals surface area contributed by atoms with E-state index in [4.69, 9.17) is 4.52 Å². The van der Waals surface area contributed by atoms with Gasteiger partial charge in [0.15, 0.2) is 0 Å². The number of para-hydroxylation sites is 1. The van der Waals surface area contributed by atoms with Crippen molar-refractivity contribution in [2.24, 2.45) is 0 Å². The molecule has 0 saturated carbocycles. The van der Waals surface area contributed by atoms with Crippen LogP contribution in [0.3, 0.4) is 0 Å². The van der Waals surface area contributed by atoms with Crippen molar-refractivity contribution in [2.75, 3.05) is 6.16 Å². The van der Waals surface area contributed by atoms with E-state index < -0.39 is 6.83 Å². The third-order valence-electron chi connectivity index (χ3n) is 8.40. The van der Waals surface area contributed by atoms with Gasteiger partial charge < -0.3 is 0 Å². The summed E-state index contributed by atoms with van der Waals surface area (Å²) in [5.41, 5.74) is 0. The molecule has 0 aliphatic heterocycles. The topological polar surface area (TPSA) is 9.23 Å². The molecule has 0 atom stereocenters. The molecular weight excluding hydrogens is 503 g/mol. The van der Waals surface area contributed by atoms with Crippen LogP contribution in [0.5, 0.6) is 5.75 Å². The zero-order valence-corrected chi connectivity index (χ0v) is 25.5. The van der Waals surface area contributed by atoms with Crippen LogP contribution in [0.15, 0.2) is 121 Å². The molecule has 0 aliphatic carbocycles. The third kappa shape index (κ3) is 7.24. The summed E-state index contributed by atoms with van der Waals surface area (Å²) in [6.45, 7) is -1.05. The van der Waals surface area contributed by atoms with Gasteiger partial charge in [0.25, 0.3) is 0 Å². The molecule has 0 heterocycles. The van der Waals surface area contributed by atoms with Crippen molar-refractivity contribution in [1.29, 1.82) is 0 Å². The third-order valence-corrected chi connectivity index (χ3v) is 14.4. The second kappa shape index (κ2) is 15.8. The Morgan fingerprint density at radius 3 is 1.10 bits per heavy atom. The van der Waals surface area contributed by atoms with E-state index in [0.717, 1.165) is 18.3 Å². The molecule has 40 heavy (non-hydrogen) atoms. The fraction of sp³-hybridized carbons (Fsp3) is 0.368. The van der Waals surface area contributed by atoms with E-state index in [0.29, 0.717) is 0 Å². The van der Waals surface area contributed by atoms with Crippen LogP contribution < -0.4 is 20.4 Å². The average Bonchev–Trinajstić information content (AvgIpc) is 3.03. The average molecular weight is 553 g/mol. The molecule has 212 valence electrons. The first kappa shape index (κ1) is 30.1. The Morgan fingerprint density at radius 1 is 0.400 bits per heavy atom. The zero-order valence-electron chi connectivity index (χ0n) is 24.6. The van der Waals surface area contributed by atoms with Gasteiger partial charge in [0.1, 0.15) is 0 Å². The van der Waals surface area contributed by atoms with E-state index in [-0.39, 0.29) is 0 Å². The SMILES string of the molecule is CCCCCCCCCCCCCCP(Oc1ccccc1)(c1ccccc1)(c1ccccc1)c1ccccc1. The van der Waals surface area contributed by atoms with Crippen LogP contribution in [0.1, 0.15) is 84.0 Å². The Labute approximate surface area is 244 Å². The number of hydrogen-bond donors (Lipinski definition) is 0. The molecule has 0 bridgehead atoms. The summed E-state index contributed by atoms with van der Waals surface area (Å²) < 4.78 is 7.58. The quantitative estimate of drug-likeness (QED) is 0.0881. The number of hydrogen-bond acceptors (Lipinski definition) is 1. The first-order chi connectivity index (χ1) is 19.8. The first-order valence-electron chi connectivity index (χ1n) is 15.7. The van der Waals surface area contributed by atoms with Crippen LogP contribution in [0, 0.1) is 0 Å². The summed E-state index contributed by atoms with van der Waals surface area (Å²) in [6.07, 6.45) is 17.1. The predicted octanol–water partition coefficient (Wildman–Crippen LogP) is 10.2. The van der Waals surface area contributed by atoms with Gasteiger partial charge in [0, 0.05) is 0 Å². The van der Waals surface area contributed by atoms with Crippen LogP contribution >= 0.6 is 6.83 Å². The minimum absolute atomic E-state index is 0.940. The van der Waals surface area contributed by atoms with E-state index >= 15 is 0 Å². The van der Waals surface area contributed by atoms with E-state index in [2.05, 4.69) is 128 Å². The summed E-state index contributed by atoms with van der Waals surface area (Å²) >= 11 is 0. The molecule has 0 spiro atoms. The van der Waals surface area contributed by atoms with Crippen LogP contribution in [0.2, 0.25) is 0 Å². The maximum atomic E-state index is 7.58. The molecule has 1 nitrogen and oxygen atoms in total. The van der Waals surface area contributed by atoms with Crippen molar-refractivity contribution in [3.8, 4) is 5.75 Å². The number of benzene rings is 4.